The van der Waals surface area contributed by atoms with Gasteiger partial charge in [0.25, 0.3) is 0 Å². The Balaban J connectivity index is 0. The summed E-state index contributed by atoms with van der Waals surface area (Å²) in [5, 5.41) is 3.07. The number of anilines is 2. The van der Waals surface area contributed by atoms with E-state index in [1.165, 1.54) is 0 Å². The second-order valence-corrected chi connectivity index (χ2v) is 3.06. The first-order valence-electron chi connectivity index (χ1n) is 6.58. The molecule has 18 heavy (non-hydrogen) atoms. The maximum Gasteiger partial charge on any atom is 0.183 e. The first-order chi connectivity index (χ1) is 8.63. The topological polar surface area (TPSA) is 47.3 Å². The zero-order valence-electron chi connectivity index (χ0n) is 12.6. The summed E-state index contributed by atoms with van der Waals surface area (Å²) in [4.78, 5) is 0. The molecule has 0 aliphatic carbocycles. The van der Waals surface area contributed by atoms with Crippen molar-refractivity contribution in [3.05, 3.63) is 36.2 Å². The third-order valence-corrected chi connectivity index (χ3v) is 1.84. The Labute approximate surface area is 112 Å². The fourth-order valence-corrected chi connectivity index (χ4v) is 1.19. The lowest BCUT2D eigenvalue weighted by molar-refractivity contribution is 0.236. The van der Waals surface area contributed by atoms with Crippen molar-refractivity contribution in [1.29, 1.82) is 0 Å². The van der Waals surface area contributed by atoms with Gasteiger partial charge in [-0.2, -0.15) is 0 Å². The van der Waals surface area contributed by atoms with Crippen molar-refractivity contribution in [2.75, 3.05) is 17.7 Å². The van der Waals surface area contributed by atoms with Crippen molar-refractivity contribution >= 4 is 11.4 Å². The monoisotopic (exact) mass is 252 g/mol. The van der Waals surface area contributed by atoms with Crippen LogP contribution in [0, 0.1) is 6.92 Å². The van der Waals surface area contributed by atoms with E-state index < -0.39 is 0 Å². The Morgan fingerprint density at radius 3 is 2.28 bits per heavy atom. The van der Waals surface area contributed by atoms with Gasteiger partial charge in [-0.3, -0.25) is 0 Å². The minimum atomic E-state index is 0.556. The third-order valence-electron chi connectivity index (χ3n) is 1.84. The summed E-state index contributed by atoms with van der Waals surface area (Å²) in [5.74, 6) is 0.556. The fraction of sp³-hybridized carbons (Fsp3) is 0.467. The molecule has 0 radical (unpaired) electrons. The Morgan fingerprint density at radius 2 is 1.83 bits per heavy atom. The van der Waals surface area contributed by atoms with E-state index in [-0.39, 0.29) is 0 Å². The number of nitrogen functional groups attached to an aromatic ring is 1. The molecule has 0 fully saturated rings. The van der Waals surface area contributed by atoms with E-state index in [9.17, 15) is 0 Å². The van der Waals surface area contributed by atoms with Crippen molar-refractivity contribution in [3.63, 3.8) is 0 Å². The average molecular weight is 252 g/mol. The first-order valence-corrected chi connectivity index (χ1v) is 6.58. The quantitative estimate of drug-likeness (QED) is 0.610. The van der Waals surface area contributed by atoms with Crippen LogP contribution in [0.15, 0.2) is 30.7 Å². The molecule has 0 aromatic heterocycles. The number of rotatable bonds is 4. The second-order valence-electron chi connectivity index (χ2n) is 3.06. The van der Waals surface area contributed by atoms with E-state index >= 15 is 0 Å². The fourth-order valence-electron chi connectivity index (χ4n) is 1.19. The van der Waals surface area contributed by atoms with Gasteiger partial charge in [-0.25, -0.2) is 0 Å². The summed E-state index contributed by atoms with van der Waals surface area (Å²) in [7, 11) is 0. The number of aryl methyl sites for hydroxylation is 1. The second kappa shape index (κ2) is 11.8. The largest absolute Gasteiger partial charge is 0.480 e. The minimum absolute atomic E-state index is 0.556. The van der Waals surface area contributed by atoms with Crippen LogP contribution in [0.5, 0.6) is 0 Å². The molecule has 0 aliphatic heterocycles. The molecule has 0 unspecified atom stereocenters. The molecule has 0 saturated carbocycles. The maximum atomic E-state index is 5.64. The van der Waals surface area contributed by atoms with Gasteiger partial charge in [0, 0.05) is 11.4 Å². The van der Waals surface area contributed by atoms with Crippen LogP contribution in [0.3, 0.4) is 0 Å². The third kappa shape index (κ3) is 7.60. The van der Waals surface area contributed by atoms with Gasteiger partial charge < -0.3 is 15.8 Å². The highest BCUT2D eigenvalue weighted by Crippen LogP contribution is 2.18. The number of nitrogens with one attached hydrogen (secondary N) is 1. The molecular formula is C15H28N2O. The zero-order chi connectivity index (χ0) is 14.6. The van der Waals surface area contributed by atoms with Crippen LogP contribution >= 0.6 is 0 Å². The summed E-state index contributed by atoms with van der Waals surface area (Å²) in [6.45, 7) is 16.3. The van der Waals surface area contributed by atoms with Crippen LogP contribution in [0.25, 0.3) is 0 Å². The van der Waals surface area contributed by atoms with E-state index in [1.807, 2.05) is 59.7 Å². The highest BCUT2D eigenvalue weighted by atomic mass is 16.5. The minimum Gasteiger partial charge on any atom is -0.480 e. The molecule has 1 rings (SSSR count). The Hall–Kier alpha value is -1.64. The van der Waals surface area contributed by atoms with Gasteiger partial charge in [0.15, 0.2) is 5.88 Å². The van der Waals surface area contributed by atoms with Gasteiger partial charge in [-0.15, -0.1) is 0 Å². The van der Waals surface area contributed by atoms with Gasteiger partial charge in [0.1, 0.15) is 0 Å². The number of ether oxygens (including phenoxy) is 1. The zero-order valence-corrected chi connectivity index (χ0v) is 12.6. The highest BCUT2D eigenvalue weighted by molar-refractivity contribution is 5.59. The van der Waals surface area contributed by atoms with E-state index in [0.29, 0.717) is 12.5 Å². The van der Waals surface area contributed by atoms with E-state index in [4.69, 9.17) is 10.5 Å². The van der Waals surface area contributed by atoms with Gasteiger partial charge in [-0.1, -0.05) is 27.7 Å². The lowest BCUT2D eigenvalue weighted by Gasteiger charge is -2.12. The van der Waals surface area contributed by atoms with Crippen molar-refractivity contribution in [3.8, 4) is 0 Å². The smallest absolute Gasteiger partial charge is 0.183 e. The van der Waals surface area contributed by atoms with Gasteiger partial charge >= 0.3 is 0 Å². The van der Waals surface area contributed by atoms with Crippen molar-refractivity contribution in [1.82, 2.24) is 0 Å². The van der Waals surface area contributed by atoms with Gasteiger partial charge in [-0.05, 0) is 44.2 Å². The number of hydrogen-bond acceptors (Lipinski definition) is 3. The van der Waals surface area contributed by atoms with Crippen molar-refractivity contribution in [2.24, 2.45) is 0 Å². The molecule has 1 aromatic carbocycles. The number of nitrogens with two attached hydrogens (primary N) is 1. The number of benzene rings is 1. The SMILES string of the molecule is C=C(Nc1ccc(N)cc1C)OCC.CC.CC. The summed E-state index contributed by atoms with van der Waals surface area (Å²) in [6.07, 6.45) is 0. The molecule has 0 saturated heterocycles. The predicted molar refractivity (Wildman–Crippen MR) is 82.7 cm³/mol. The van der Waals surface area contributed by atoms with Crippen LogP contribution in [0.4, 0.5) is 11.4 Å². The van der Waals surface area contributed by atoms with Crippen LogP contribution in [0.1, 0.15) is 40.2 Å². The van der Waals surface area contributed by atoms with Gasteiger partial charge in [0.2, 0.25) is 0 Å². The molecule has 0 bridgehead atoms. The molecular weight excluding hydrogens is 224 g/mol. The van der Waals surface area contributed by atoms with Crippen LogP contribution < -0.4 is 11.1 Å². The first kappa shape index (κ1) is 18.7. The number of hydrogen-bond donors (Lipinski definition) is 2. The van der Waals surface area contributed by atoms with Crippen LogP contribution in [-0.2, 0) is 4.74 Å². The van der Waals surface area contributed by atoms with Crippen molar-refractivity contribution < 1.29 is 4.74 Å². The summed E-state index contributed by atoms with van der Waals surface area (Å²) in [6, 6.07) is 5.66. The molecule has 0 aliphatic rings. The summed E-state index contributed by atoms with van der Waals surface area (Å²) < 4.78 is 5.19. The lowest BCUT2D eigenvalue weighted by atomic mass is 10.2. The normalized spacial score (nSPS) is 8.11. The average Bonchev–Trinajstić information content (AvgIpc) is 2.38. The molecule has 3 nitrogen and oxygen atoms in total. The maximum absolute atomic E-state index is 5.64. The van der Waals surface area contributed by atoms with Gasteiger partial charge in [0.05, 0.1) is 6.61 Å². The Bertz CT molecular complexity index is 335. The predicted octanol–water partition coefficient (Wildman–Crippen LogP) is 4.55. The molecule has 0 atom stereocenters. The Morgan fingerprint density at radius 1 is 1.28 bits per heavy atom. The summed E-state index contributed by atoms with van der Waals surface area (Å²) in [5.41, 5.74) is 8.44. The summed E-state index contributed by atoms with van der Waals surface area (Å²) >= 11 is 0. The molecule has 104 valence electrons. The standard InChI is InChI=1S/C11H16N2O.2C2H6/c1-4-14-9(3)13-11-6-5-10(12)7-8(11)2;2*1-2/h5-7,13H,3-4,12H2,1-2H3;2*1-2H3. The molecule has 0 spiro atoms. The lowest BCUT2D eigenvalue weighted by Crippen LogP contribution is -2.03. The highest BCUT2D eigenvalue weighted by Gasteiger charge is 1.99. The molecule has 0 heterocycles. The van der Waals surface area contributed by atoms with E-state index in [1.54, 1.807) is 0 Å². The Kier molecular flexibility index (Phi) is 12.3. The molecule has 1 aromatic rings. The van der Waals surface area contributed by atoms with Crippen molar-refractivity contribution in [2.45, 2.75) is 41.5 Å². The van der Waals surface area contributed by atoms with Crippen LogP contribution in [-0.4, -0.2) is 6.61 Å². The molecule has 3 heteroatoms. The van der Waals surface area contributed by atoms with E-state index in [2.05, 4.69) is 11.9 Å². The molecule has 0 amide bonds. The van der Waals surface area contributed by atoms with E-state index in [0.717, 1.165) is 16.9 Å². The molecule has 3 N–H and O–H groups in total. The van der Waals surface area contributed by atoms with Crippen LogP contribution in [0.2, 0.25) is 0 Å².